The van der Waals surface area contributed by atoms with E-state index in [0.717, 1.165) is 11.1 Å². The van der Waals surface area contributed by atoms with Gasteiger partial charge in [-0.25, -0.2) is 0 Å². The van der Waals surface area contributed by atoms with Crippen molar-refractivity contribution in [3.05, 3.63) is 42.0 Å². The van der Waals surface area contributed by atoms with Gasteiger partial charge in [0.25, 0.3) is 0 Å². The molecule has 0 saturated carbocycles. The number of hydrogen-bond donors (Lipinski definition) is 1. The first-order chi connectivity index (χ1) is 5.63. The van der Waals surface area contributed by atoms with E-state index in [1.165, 1.54) is 0 Å². The third-order valence-corrected chi connectivity index (χ3v) is 1.44. The molecule has 1 aromatic carbocycles. The SMILES string of the molecule is C=CC.Cc1cccc(C)c1O. The van der Waals surface area contributed by atoms with Crippen LogP contribution in [0.5, 0.6) is 5.75 Å². The second-order valence-electron chi connectivity index (χ2n) is 2.65. The minimum Gasteiger partial charge on any atom is -0.507 e. The van der Waals surface area contributed by atoms with E-state index in [1.807, 2.05) is 39.0 Å². The number of benzene rings is 1. The fraction of sp³-hybridized carbons (Fsp3) is 0.273. The van der Waals surface area contributed by atoms with Crippen molar-refractivity contribution in [3.63, 3.8) is 0 Å². The van der Waals surface area contributed by atoms with Gasteiger partial charge in [0.2, 0.25) is 0 Å². The summed E-state index contributed by atoms with van der Waals surface area (Å²) < 4.78 is 0. The monoisotopic (exact) mass is 164 g/mol. The molecule has 0 atom stereocenters. The summed E-state index contributed by atoms with van der Waals surface area (Å²) in [4.78, 5) is 0. The number of phenolic OH excluding ortho intramolecular Hbond substituents is 1. The molecule has 0 heterocycles. The highest BCUT2D eigenvalue weighted by Gasteiger charge is 1.95. The zero-order valence-corrected chi connectivity index (χ0v) is 7.96. The van der Waals surface area contributed by atoms with E-state index in [0.29, 0.717) is 5.75 Å². The number of aromatic hydroxyl groups is 1. The average molecular weight is 164 g/mol. The van der Waals surface area contributed by atoms with Gasteiger partial charge in [0.05, 0.1) is 0 Å². The molecule has 0 fully saturated rings. The van der Waals surface area contributed by atoms with Crippen molar-refractivity contribution < 1.29 is 5.11 Å². The summed E-state index contributed by atoms with van der Waals surface area (Å²) in [5.41, 5.74) is 1.88. The lowest BCUT2D eigenvalue weighted by molar-refractivity contribution is 0.467. The molecule has 0 aliphatic heterocycles. The van der Waals surface area contributed by atoms with Crippen LogP contribution in [0.4, 0.5) is 0 Å². The van der Waals surface area contributed by atoms with Crippen LogP contribution in [0.1, 0.15) is 18.1 Å². The molecule has 1 aromatic rings. The molecule has 0 aliphatic rings. The number of aryl methyl sites for hydroxylation is 2. The highest BCUT2D eigenvalue weighted by atomic mass is 16.3. The molecule has 0 unspecified atom stereocenters. The zero-order chi connectivity index (χ0) is 9.56. The van der Waals surface area contributed by atoms with E-state index in [-0.39, 0.29) is 0 Å². The van der Waals surface area contributed by atoms with Gasteiger partial charge >= 0.3 is 0 Å². The van der Waals surface area contributed by atoms with Crippen LogP contribution in [0.25, 0.3) is 0 Å². The zero-order valence-electron chi connectivity index (χ0n) is 7.96. The first kappa shape index (κ1) is 10.8. The predicted molar refractivity (Wildman–Crippen MR) is 53.5 cm³/mol. The van der Waals surface area contributed by atoms with E-state index >= 15 is 0 Å². The minimum atomic E-state index is 0.414. The Morgan fingerprint density at radius 1 is 1.25 bits per heavy atom. The quantitative estimate of drug-likeness (QED) is 0.584. The lowest BCUT2D eigenvalue weighted by Crippen LogP contribution is -1.76. The molecule has 1 N–H and O–H groups in total. The maximum Gasteiger partial charge on any atom is 0.121 e. The molecule has 0 spiro atoms. The molecule has 1 rings (SSSR count). The molecule has 0 aliphatic carbocycles. The second kappa shape index (κ2) is 5.42. The standard InChI is InChI=1S/C8H10O.C3H6/c1-6-4-3-5-7(2)8(6)9;1-3-2/h3-5,9H,1-2H3;3H,1H2,2H3. The molecule has 0 aromatic heterocycles. The Labute approximate surface area is 74.4 Å². The van der Waals surface area contributed by atoms with Gasteiger partial charge in [-0.05, 0) is 31.9 Å². The van der Waals surface area contributed by atoms with Crippen LogP contribution in [-0.2, 0) is 0 Å². The summed E-state index contributed by atoms with van der Waals surface area (Å²) in [5, 5.41) is 9.21. The van der Waals surface area contributed by atoms with Gasteiger partial charge in [-0.3, -0.25) is 0 Å². The highest BCUT2D eigenvalue weighted by Crippen LogP contribution is 2.19. The highest BCUT2D eigenvalue weighted by molar-refractivity contribution is 5.37. The van der Waals surface area contributed by atoms with Crippen LogP contribution in [0.15, 0.2) is 30.9 Å². The van der Waals surface area contributed by atoms with Crippen molar-refractivity contribution in [3.8, 4) is 5.75 Å². The summed E-state index contributed by atoms with van der Waals surface area (Å²) >= 11 is 0. The first-order valence-corrected chi connectivity index (χ1v) is 3.95. The maximum absolute atomic E-state index is 9.21. The van der Waals surface area contributed by atoms with Gasteiger partial charge in [-0.1, -0.05) is 24.3 Å². The largest absolute Gasteiger partial charge is 0.507 e. The predicted octanol–water partition coefficient (Wildman–Crippen LogP) is 3.20. The van der Waals surface area contributed by atoms with Gasteiger partial charge in [-0.2, -0.15) is 0 Å². The third kappa shape index (κ3) is 3.24. The normalized spacial score (nSPS) is 8.25. The van der Waals surface area contributed by atoms with Crippen molar-refractivity contribution in [1.29, 1.82) is 0 Å². The Morgan fingerprint density at radius 3 is 1.83 bits per heavy atom. The van der Waals surface area contributed by atoms with E-state index in [2.05, 4.69) is 6.58 Å². The topological polar surface area (TPSA) is 20.2 Å². The van der Waals surface area contributed by atoms with Gasteiger partial charge in [0.15, 0.2) is 0 Å². The molecule has 12 heavy (non-hydrogen) atoms. The number of phenols is 1. The van der Waals surface area contributed by atoms with Crippen molar-refractivity contribution in [2.75, 3.05) is 0 Å². The summed E-state index contributed by atoms with van der Waals surface area (Å²) in [5.74, 6) is 0.414. The minimum absolute atomic E-state index is 0.414. The van der Waals surface area contributed by atoms with Crippen molar-refractivity contribution in [2.45, 2.75) is 20.8 Å². The Kier molecular flexibility index (Phi) is 4.86. The summed E-state index contributed by atoms with van der Waals surface area (Å²) in [6.45, 7) is 9.03. The van der Waals surface area contributed by atoms with Gasteiger partial charge < -0.3 is 5.11 Å². The molecule has 0 radical (unpaired) electrons. The fourth-order valence-electron chi connectivity index (χ4n) is 0.806. The van der Waals surface area contributed by atoms with E-state index in [4.69, 9.17) is 0 Å². The van der Waals surface area contributed by atoms with Gasteiger partial charge in [0.1, 0.15) is 5.75 Å². The molecule has 66 valence electrons. The lowest BCUT2D eigenvalue weighted by Gasteiger charge is -1.99. The molecule has 0 saturated heterocycles. The van der Waals surface area contributed by atoms with Crippen LogP contribution < -0.4 is 0 Å². The van der Waals surface area contributed by atoms with E-state index < -0.39 is 0 Å². The lowest BCUT2D eigenvalue weighted by atomic mass is 10.1. The van der Waals surface area contributed by atoms with Crippen molar-refractivity contribution >= 4 is 0 Å². The average Bonchev–Trinajstić information content (AvgIpc) is 2.02. The summed E-state index contributed by atoms with van der Waals surface area (Å²) in [6.07, 6.45) is 1.75. The van der Waals surface area contributed by atoms with E-state index in [9.17, 15) is 5.11 Å². The Bertz CT molecular complexity index is 231. The third-order valence-electron chi connectivity index (χ3n) is 1.44. The molecule has 0 amide bonds. The number of allylic oxidation sites excluding steroid dienone is 1. The molecule has 0 bridgehead atoms. The van der Waals surface area contributed by atoms with Crippen LogP contribution in [-0.4, -0.2) is 5.11 Å². The number of hydrogen-bond acceptors (Lipinski definition) is 1. The first-order valence-electron chi connectivity index (χ1n) is 3.95. The smallest absolute Gasteiger partial charge is 0.121 e. The second-order valence-corrected chi connectivity index (χ2v) is 2.65. The maximum atomic E-state index is 9.21. The molecule has 1 heteroatoms. The Morgan fingerprint density at radius 2 is 1.58 bits per heavy atom. The summed E-state index contributed by atoms with van der Waals surface area (Å²) in [6, 6.07) is 5.72. The number of rotatable bonds is 0. The Hall–Kier alpha value is -1.24. The molecular weight excluding hydrogens is 148 g/mol. The fourth-order valence-corrected chi connectivity index (χ4v) is 0.806. The van der Waals surface area contributed by atoms with Crippen LogP contribution in [0, 0.1) is 13.8 Å². The molecular formula is C11H16O. The van der Waals surface area contributed by atoms with E-state index in [1.54, 1.807) is 6.08 Å². The van der Waals surface area contributed by atoms with Gasteiger partial charge in [-0.15, -0.1) is 6.58 Å². The molecule has 1 nitrogen and oxygen atoms in total. The van der Waals surface area contributed by atoms with Crippen molar-refractivity contribution in [2.24, 2.45) is 0 Å². The van der Waals surface area contributed by atoms with Crippen LogP contribution in [0.3, 0.4) is 0 Å². The number of para-hydroxylation sites is 1. The summed E-state index contributed by atoms with van der Waals surface area (Å²) in [7, 11) is 0. The van der Waals surface area contributed by atoms with Crippen LogP contribution in [0.2, 0.25) is 0 Å². The Balaban J connectivity index is 0.000000354. The van der Waals surface area contributed by atoms with Crippen molar-refractivity contribution in [1.82, 2.24) is 0 Å². The van der Waals surface area contributed by atoms with Crippen LogP contribution >= 0.6 is 0 Å². The van der Waals surface area contributed by atoms with Gasteiger partial charge in [0, 0.05) is 0 Å².